The number of carboxylic acids is 2. The molecule has 0 aromatic heterocycles. The van der Waals surface area contributed by atoms with E-state index in [1.54, 1.807) is 48.5 Å². The molecule has 2 N–H and O–H groups in total. The van der Waals surface area contributed by atoms with Crippen LogP contribution in [0.15, 0.2) is 70.5 Å². The summed E-state index contributed by atoms with van der Waals surface area (Å²) in [5.74, 6) is -2.34. The minimum absolute atomic E-state index is 0.0548. The molecule has 0 saturated carbocycles. The summed E-state index contributed by atoms with van der Waals surface area (Å²) in [6, 6.07) is 17.8. The Morgan fingerprint density at radius 1 is 0.696 bits per heavy atom. The Morgan fingerprint density at radius 3 is 1.35 bits per heavy atom. The fourth-order valence-corrected chi connectivity index (χ4v) is 2.59. The lowest BCUT2D eigenvalue weighted by Gasteiger charge is -2.04. The molecule has 4 nitrogen and oxygen atoms in total. The second-order valence-corrected chi connectivity index (χ2v) is 5.63. The first-order chi connectivity index (χ1) is 11.1. The Labute approximate surface area is 137 Å². The highest BCUT2D eigenvalue weighted by molar-refractivity contribution is 8.08. The highest BCUT2D eigenvalue weighted by Crippen LogP contribution is 2.29. The van der Waals surface area contributed by atoms with E-state index < -0.39 is 11.9 Å². The third kappa shape index (κ3) is 5.16. The summed E-state index contributed by atoms with van der Waals surface area (Å²) in [4.78, 5) is 22.7. The standard InChI is InChI=1S/C18H14O4S/c19-17(20)15(11-13-7-3-1-4-8-13)23-16(18(21)22)12-14-9-5-2-6-10-14/h1-12H,(H,19,20)(H,21,22). The van der Waals surface area contributed by atoms with E-state index in [4.69, 9.17) is 0 Å². The first kappa shape index (κ1) is 16.6. The van der Waals surface area contributed by atoms with Crippen LogP contribution in [0.4, 0.5) is 0 Å². The summed E-state index contributed by atoms with van der Waals surface area (Å²) in [7, 11) is 0. The highest BCUT2D eigenvalue weighted by Gasteiger charge is 2.16. The largest absolute Gasteiger partial charge is 0.477 e. The van der Waals surface area contributed by atoms with Gasteiger partial charge in [0.2, 0.25) is 0 Å². The van der Waals surface area contributed by atoms with Crippen molar-refractivity contribution in [3.63, 3.8) is 0 Å². The maximum absolute atomic E-state index is 11.4. The minimum Gasteiger partial charge on any atom is -0.477 e. The van der Waals surface area contributed by atoms with Crippen LogP contribution in [0.2, 0.25) is 0 Å². The number of thioether (sulfide) groups is 1. The second-order valence-electron chi connectivity index (χ2n) is 4.55. The van der Waals surface area contributed by atoms with E-state index in [2.05, 4.69) is 0 Å². The van der Waals surface area contributed by atoms with Crippen LogP contribution in [0, 0.1) is 0 Å². The number of carboxylic acid groups (broad SMARTS) is 2. The van der Waals surface area contributed by atoms with Crippen molar-refractivity contribution in [2.75, 3.05) is 0 Å². The molecule has 2 rings (SSSR count). The molecule has 0 bridgehead atoms. The van der Waals surface area contributed by atoms with Crippen molar-refractivity contribution in [1.82, 2.24) is 0 Å². The smallest absolute Gasteiger partial charge is 0.342 e. The van der Waals surface area contributed by atoms with Gasteiger partial charge in [-0.1, -0.05) is 72.4 Å². The van der Waals surface area contributed by atoms with E-state index in [0.29, 0.717) is 11.1 Å². The van der Waals surface area contributed by atoms with E-state index in [-0.39, 0.29) is 9.81 Å². The second kappa shape index (κ2) is 8.00. The van der Waals surface area contributed by atoms with Crippen LogP contribution in [-0.2, 0) is 9.59 Å². The molecule has 0 aliphatic rings. The fraction of sp³-hybridized carbons (Fsp3) is 0. The average molecular weight is 326 g/mol. The predicted molar refractivity (Wildman–Crippen MR) is 91.7 cm³/mol. The van der Waals surface area contributed by atoms with Gasteiger partial charge in [0.25, 0.3) is 0 Å². The molecule has 0 heterocycles. The molecular formula is C18H14O4S. The van der Waals surface area contributed by atoms with Crippen molar-refractivity contribution < 1.29 is 19.8 Å². The minimum atomic E-state index is -1.17. The number of aliphatic carboxylic acids is 2. The van der Waals surface area contributed by atoms with Gasteiger partial charge in [0.05, 0.1) is 9.81 Å². The maximum atomic E-state index is 11.4. The zero-order valence-corrected chi connectivity index (χ0v) is 12.9. The Hall–Kier alpha value is -2.79. The van der Waals surface area contributed by atoms with Gasteiger partial charge in [-0.05, 0) is 23.3 Å². The van der Waals surface area contributed by atoms with Gasteiger partial charge in [-0.2, -0.15) is 0 Å². The van der Waals surface area contributed by atoms with Gasteiger partial charge < -0.3 is 10.2 Å². The summed E-state index contributed by atoms with van der Waals surface area (Å²) in [6.45, 7) is 0. The van der Waals surface area contributed by atoms with Crippen molar-refractivity contribution in [3.8, 4) is 0 Å². The van der Waals surface area contributed by atoms with Crippen molar-refractivity contribution >= 4 is 35.9 Å². The van der Waals surface area contributed by atoms with Crippen LogP contribution >= 0.6 is 11.8 Å². The van der Waals surface area contributed by atoms with Gasteiger partial charge in [-0.25, -0.2) is 9.59 Å². The number of hydrogen-bond donors (Lipinski definition) is 2. The molecule has 0 amide bonds. The molecule has 116 valence electrons. The van der Waals surface area contributed by atoms with Crippen LogP contribution < -0.4 is 0 Å². The lowest BCUT2D eigenvalue weighted by atomic mass is 10.2. The van der Waals surface area contributed by atoms with Crippen molar-refractivity contribution in [1.29, 1.82) is 0 Å². The molecule has 2 aromatic carbocycles. The van der Waals surface area contributed by atoms with Crippen LogP contribution in [0.25, 0.3) is 12.2 Å². The fourth-order valence-electron chi connectivity index (χ4n) is 1.79. The van der Waals surface area contributed by atoms with Crippen LogP contribution in [0.5, 0.6) is 0 Å². The van der Waals surface area contributed by atoms with E-state index in [1.807, 2.05) is 12.1 Å². The molecule has 0 aliphatic carbocycles. The molecule has 0 fully saturated rings. The SMILES string of the molecule is O=C(O)C(=Cc1ccccc1)SC(=Cc1ccccc1)C(=O)O. The van der Waals surface area contributed by atoms with Gasteiger partial charge in [-0.15, -0.1) is 0 Å². The van der Waals surface area contributed by atoms with E-state index in [9.17, 15) is 19.8 Å². The number of rotatable bonds is 6. The quantitative estimate of drug-likeness (QED) is 0.786. The number of benzene rings is 2. The third-order valence-electron chi connectivity index (χ3n) is 2.84. The summed E-state index contributed by atoms with van der Waals surface area (Å²) in [5, 5.41) is 18.6. The first-order valence-corrected chi connectivity index (χ1v) is 7.56. The Bertz CT molecular complexity index is 684. The van der Waals surface area contributed by atoms with Crippen molar-refractivity contribution in [3.05, 3.63) is 81.6 Å². The van der Waals surface area contributed by atoms with Crippen LogP contribution in [-0.4, -0.2) is 22.2 Å². The molecule has 2 aromatic rings. The normalized spacial score (nSPS) is 12.0. The molecule has 0 aliphatic heterocycles. The Balaban J connectivity index is 2.33. The van der Waals surface area contributed by atoms with E-state index >= 15 is 0 Å². The van der Waals surface area contributed by atoms with Gasteiger partial charge in [-0.3, -0.25) is 0 Å². The lowest BCUT2D eigenvalue weighted by Crippen LogP contribution is -2.02. The summed E-state index contributed by atoms with van der Waals surface area (Å²) < 4.78 is 0. The van der Waals surface area contributed by atoms with Crippen molar-refractivity contribution in [2.24, 2.45) is 0 Å². The predicted octanol–water partition coefficient (Wildman–Crippen LogP) is 3.97. The number of hydrogen-bond acceptors (Lipinski definition) is 3. The van der Waals surface area contributed by atoms with E-state index in [1.165, 1.54) is 12.2 Å². The lowest BCUT2D eigenvalue weighted by molar-refractivity contribution is -0.132. The zero-order valence-electron chi connectivity index (χ0n) is 12.0. The molecule has 5 heteroatoms. The summed E-state index contributed by atoms with van der Waals surface area (Å²) >= 11 is 0.719. The molecule has 0 radical (unpaired) electrons. The molecular weight excluding hydrogens is 312 g/mol. The van der Waals surface area contributed by atoms with Gasteiger partial charge >= 0.3 is 11.9 Å². The number of carbonyl (C=O) groups is 2. The summed E-state index contributed by atoms with van der Waals surface area (Å²) in [5.41, 5.74) is 1.39. The highest BCUT2D eigenvalue weighted by atomic mass is 32.2. The van der Waals surface area contributed by atoms with Gasteiger partial charge in [0.1, 0.15) is 0 Å². The molecule has 0 unspecified atom stereocenters. The van der Waals surface area contributed by atoms with Crippen LogP contribution in [0.3, 0.4) is 0 Å². The maximum Gasteiger partial charge on any atom is 0.342 e. The topological polar surface area (TPSA) is 74.6 Å². The van der Waals surface area contributed by atoms with E-state index in [0.717, 1.165) is 11.8 Å². The molecule has 0 atom stereocenters. The van der Waals surface area contributed by atoms with Gasteiger partial charge in [0, 0.05) is 0 Å². The molecule has 23 heavy (non-hydrogen) atoms. The molecule has 0 spiro atoms. The summed E-state index contributed by atoms with van der Waals surface area (Å²) in [6.07, 6.45) is 2.91. The first-order valence-electron chi connectivity index (χ1n) is 6.74. The van der Waals surface area contributed by atoms with Gasteiger partial charge in [0.15, 0.2) is 0 Å². The van der Waals surface area contributed by atoms with Crippen LogP contribution in [0.1, 0.15) is 11.1 Å². The Morgan fingerprint density at radius 2 is 1.04 bits per heavy atom. The Kier molecular flexibility index (Phi) is 5.77. The van der Waals surface area contributed by atoms with Crippen molar-refractivity contribution in [2.45, 2.75) is 0 Å². The average Bonchev–Trinajstić information content (AvgIpc) is 2.55. The zero-order chi connectivity index (χ0) is 16.7. The third-order valence-corrected chi connectivity index (χ3v) is 3.86. The molecule has 0 saturated heterocycles. The monoisotopic (exact) mass is 326 g/mol.